The molecule has 4 aromatic rings. The standard InChI is InChI=1S/C24H20BNO2/c1-4-12-20(13-5-1)23-18-10-11-19-24(23)27-25(21-14-6-2-7-15-21)28-26-22-16-8-3-9-17-22/h1-19,26H. The molecule has 0 aliphatic heterocycles. The average Bonchev–Trinajstić information content (AvgIpc) is 2.79. The van der Waals surface area contributed by atoms with Gasteiger partial charge < -0.3 is 4.65 Å². The Kier molecular flexibility index (Phi) is 5.71. The van der Waals surface area contributed by atoms with E-state index in [-0.39, 0.29) is 0 Å². The lowest BCUT2D eigenvalue weighted by molar-refractivity contribution is 0.343. The van der Waals surface area contributed by atoms with E-state index in [1.165, 1.54) is 0 Å². The van der Waals surface area contributed by atoms with E-state index < -0.39 is 7.12 Å². The molecule has 0 saturated heterocycles. The molecule has 0 atom stereocenters. The van der Waals surface area contributed by atoms with Crippen LogP contribution in [0, 0.1) is 0 Å². The van der Waals surface area contributed by atoms with E-state index in [0.717, 1.165) is 28.0 Å². The summed E-state index contributed by atoms with van der Waals surface area (Å²) in [5.74, 6) is 0.761. The van der Waals surface area contributed by atoms with Crippen molar-refractivity contribution < 1.29 is 9.41 Å². The van der Waals surface area contributed by atoms with Crippen LogP contribution in [0.4, 0.5) is 5.69 Å². The SMILES string of the molecule is c1ccc(NOB(Oc2ccccc2-c2ccccc2)c2ccccc2)cc1. The van der Waals surface area contributed by atoms with E-state index in [4.69, 9.17) is 9.41 Å². The van der Waals surface area contributed by atoms with Crippen molar-refractivity contribution in [2.75, 3.05) is 5.48 Å². The summed E-state index contributed by atoms with van der Waals surface area (Å²) in [6.45, 7) is 0. The van der Waals surface area contributed by atoms with Crippen molar-refractivity contribution in [2.45, 2.75) is 0 Å². The zero-order chi connectivity index (χ0) is 19.0. The Morgan fingerprint density at radius 1 is 0.571 bits per heavy atom. The van der Waals surface area contributed by atoms with Crippen molar-refractivity contribution in [3.05, 3.63) is 115 Å². The zero-order valence-corrected chi connectivity index (χ0v) is 15.4. The largest absolute Gasteiger partial charge is 0.585 e. The highest BCUT2D eigenvalue weighted by atomic mass is 16.7. The average molecular weight is 365 g/mol. The van der Waals surface area contributed by atoms with Crippen molar-refractivity contribution in [3.8, 4) is 16.9 Å². The molecule has 0 saturated carbocycles. The minimum absolute atomic E-state index is 0.605. The molecule has 0 aliphatic rings. The first kappa shape index (κ1) is 17.9. The van der Waals surface area contributed by atoms with E-state index in [2.05, 4.69) is 23.7 Å². The number of nitrogens with one attached hydrogen (secondary N) is 1. The first-order valence-electron chi connectivity index (χ1n) is 9.23. The molecule has 0 aromatic heterocycles. The van der Waals surface area contributed by atoms with E-state index in [9.17, 15) is 0 Å². The summed E-state index contributed by atoms with van der Waals surface area (Å²) in [7, 11) is -0.605. The van der Waals surface area contributed by atoms with Gasteiger partial charge in [-0.1, -0.05) is 97.1 Å². The summed E-state index contributed by atoms with van der Waals surface area (Å²) in [5.41, 5.74) is 6.91. The molecular formula is C24H20BNO2. The molecule has 4 aromatic carbocycles. The smallest absolute Gasteiger partial charge is 0.531 e. The third kappa shape index (κ3) is 4.42. The molecule has 0 amide bonds. The molecule has 0 bridgehead atoms. The molecule has 1 N–H and O–H groups in total. The van der Waals surface area contributed by atoms with Crippen LogP contribution >= 0.6 is 0 Å². The number of benzene rings is 4. The highest BCUT2D eigenvalue weighted by molar-refractivity contribution is 6.62. The van der Waals surface area contributed by atoms with Crippen molar-refractivity contribution >= 4 is 18.3 Å². The monoisotopic (exact) mass is 365 g/mol. The van der Waals surface area contributed by atoms with Gasteiger partial charge in [-0.3, -0.25) is 10.2 Å². The molecule has 4 rings (SSSR count). The molecule has 0 unspecified atom stereocenters. The van der Waals surface area contributed by atoms with Crippen LogP contribution in [-0.2, 0) is 4.76 Å². The van der Waals surface area contributed by atoms with Crippen LogP contribution < -0.4 is 15.6 Å². The first-order valence-corrected chi connectivity index (χ1v) is 9.23. The highest BCUT2D eigenvalue weighted by Crippen LogP contribution is 2.30. The number of hydrogen-bond donors (Lipinski definition) is 1. The lowest BCUT2D eigenvalue weighted by atomic mass is 9.79. The zero-order valence-electron chi connectivity index (χ0n) is 15.4. The number of anilines is 1. The Morgan fingerprint density at radius 3 is 1.86 bits per heavy atom. The first-order chi connectivity index (χ1) is 13.9. The second-order valence-corrected chi connectivity index (χ2v) is 6.31. The molecule has 3 nitrogen and oxygen atoms in total. The molecule has 0 spiro atoms. The lowest BCUT2D eigenvalue weighted by Crippen LogP contribution is -2.41. The van der Waals surface area contributed by atoms with Crippen LogP contribution in [0.2, 0.25) is 0 Å². The van der Waals surface area contributed by atoms with Crippen LogP contribution in [0.1, 0.15) is 0 Å². The highest BCUT2D eigenvalue weighted by Gasteiger charge is 2.25. The minimum Gasteiger partial charge on any atom is -0.531 e. The topological polar surface area (TPSA) is 30.5 Å². The Bertz CT molecular complexity index is 995. The maximum absolute atomic E-state index is 6.32. The van der Waals surface area contributed by atoms with E-state index in [1.54, 1.807) is 0 Å². The number of hydrogen-bond acceptors (Lipinski definition) is 3. The van der Waals surface area contributed by atoms with Gasteiger partial charge in [-0.05, 0) is 29.2 Å². The second-order valence-electron chi connectivity index (χ2n) is 6.31. The fourth-order valence-corrected chi connectivity index (χ4v) is 2.94. The Balaban J connectivity index is 1.61. The van der Waals surface area contributed by atoms with Crippen molar-refractivity contribution in [2.24, 2.45) is 0 Å². The van der Waals surface area contributed by atoms with Crippen LogP contribution in [-0.4, -0.2) is 7.12 Å². The van der Waals surface area contributed by atoms with Gasteiger partial charge in [-0.15, -0.1) is 0 Å². The molecule has 0 heterocycles. The summed E-state index contributed by atoms with van der Waals surface area (Å²) in [6.07, 6.45) is 0. The fourth-order valence-electron chi connectivity index (χ4n) is 2.94. The van der Waals surface area contributed by atoms with Crippen molar-refractivity contribution in [1.82, 2.24) is 0 Å². The molecule has 28 heavy (non-hydrogen) atoms. The summed E-state index contributed by atoms with van der Waals surface area (Å²) >= 11 is 0. The number of para-hydroxylation sites is 2. The molecule has 0 aliphatic carbocycles. The van der Waals surface area contributed by atoms with Gasteiger partial charge in [0.05, 0.1) is 5.69 Å². The summed E-state index contributed by atoms with van der Waals surface area (Å²) < 4.78 is 12.3. The normalized spacial score (nSPS) is 10.3. The van der Waals surface area contributed by atoms with E-state index in [0.29, 0.717) is 0 Å². The van der Waals surface area contributed by atoms with Crippen LogP contribution in [0.5, 0.6) is 5.75 Å². The predicted molar refractivity (Wildman–Crippen MR) is 115 cm³/mol. The molecule has 0 radical (unpaired) electrons. The van der Waals surface area contributed by atoms with Crippen molar-refractivity contribution in [1.29, 1.82) is 0 Å². The molecule has 136 valence electrons. The third-order valence-electron chi connectivity index (χ3n) is 4.34. The van der Waals surface area contributed by atoms with Gasteiger partial charge in [-0.25, -0.2) is 0 Å². The molecule has 4 heteroatoms. The summed E-state index contributed by atoms with van der Waals surface area (Å²) in [4.78, 5) is 0. The van der Waals surface area contributed by atoms with Gasteiger partial charge in [0, 0.05) is 5.56 Å². The minimum atomic E-state index is -0.605. The quantitative estimate of drug-likeness (QED) is 0.362. The second kappa shape index (κ2) is 8.93. The Hall–Kier alpha value is -3.50. The molecule has 0 fully saturated rings. The van der Waals surface area contributed by atoms with Gasteiger partial charge in [0.15, 0.2) is 0 Å². The van der Waals surface area contributed by atoms with Crippen LogP contribution in [0.25, 0.3) is 11.1 Å². The van der Waals surface area contributed by atoms with E-state index in [1.807, 2.05) is 97.1 Å². The third-order valence-corrected chi connectivity index (χ3v) is 4.34. The maximum atomic E-state index is 6.32. The summed E-state index contributed by atoms with van der Waals surface area (Å²) in [5, 5.41) is 0. The van der Waals surface area contributed by atoms with Gasteiger partial charge in [0.25, 0.3) is 0 Å². The molecular weight excluding hydrogens is 345 g/mol. The van der Waals surface area contributed by atoms with Gasteiger partial charge >= 0.3 is 7.12 Å². The van der Waals surface area contributed by atoms with E-state index >= 15 is 0 Å². The summed E-state index contributed by atoms with van der Waals surface area (Å²) in [6, 6.07) is 37.8. The van der Waals surface area contributed by atoms with Gasteiger partial charge in [0.1, 0.15) is 5.75 Å². The van der Waals surface area contributed by atoms with Gasteiger partial charge in [0.2, 0.25) is 0 Å². The Morgan fingerprint density at radius 2 is 1.14 bits per heavy atom. The van der Waals surface area contributed by atoms with Crippen LogP contribution in [0.15, 0.2) is 115 Å². The fraction of sp³-hybridized carbons (Fsp3) is 0. The number of rotatable bonds is 7. The Labute approximate surface area is 165 Å². The predicted octanol–water partition coefficient (Wildman–Crippen LogP) is 5.17. The lowest BCUT2D eigenvalue weighted by Gasteiger charge is -2.19. The van der Waals surface area contributed by atoms with Crippen LogP contribution in [0.3, 0.4) is 0 Å². The van der Waals surface area contributed by atoms with Crippen molar-refractivity contribution in [3.63, 3.8) is 0 Å². The van der Waals surface area contributed by atoms with Gasteiger partial charge in [-0.2, -0.15) is 0 Å². The maximum Gasteiger partial charge on any atom is 0.585 e.